The van der Waals surface area contributed by atoms with Crippen molar-refractivity contribution < 1.29 is 66.2 Å². The summed E-state index contributed by atoms with van der Waals surface area (Å²) < 4.78 is 179. The number of halogens is 15. The zero-order valence-electron chi connectivity index (χ0n) is 11.3. The molecular formula is C8H4Cl2F13O2P. The van der Waals surface area contributed by atoms with Gasteiger partial charge in [-0.15, -0.1) is 0 Å². The largest absolute Gasteiger partial charge is 0.460 e. The van der Waals surface area contributed by atoms with Gasteiger partial charge in [-0.05, 0) is 22.5 Å². The van der Waals surface area contributed by atoms with Crippen LogP contribution in [0.5, 0.6) is 0 Å². The summed E-state index contributed by atoms with van der Waals surface area (Å²) in [5, 5.41) is 0. The summed E-state index contributed by atoms with van der Waals surface area (Å²) in [4.78, 5) is 0. The third-order valence-corrected chi connectivity index (χ3v) is 3.72. The van der Waals surface area contributed by atoms with Gasteiger partial charge in [0, 0.05) is 6.42 Å². The first-order chi connectivity index (χ1) is 11.0. The summed E-state index contributed by atoms with van der Waals surface area (Å²) in [7, 11) is 0. The van der Waals surface area contributed by atoms with Gasteiger partial charge in [0.05, 0.1) is 6.61 Å². The highest BCUT2D eigenvalue weighted by Gasteiger charge is 2.90. The fourth-order valence-electron chi connectivity index (χ4n) is 1.24. The summed E-state index contributed by atoms with van der Waals surface area (Å²) in [5.74, 6) is -37.4. The van der Waals surface area contributed by atoms with Crippen molar-refractivity contribution in [3.63, 3.8) is 0 Å². The summed E-state index contributed by atoms with van der Waals surface area (Å²) >= 11 is 9.25. The van der Waals surface area contributed by atoms with Crippen LogP contribution < -0.4 is 0 Å². The van der Waals surface area contributed by atoms with Crippen LogP contribution in [0.4, 0.5) is 57.1 Å². The molecule has 0 aromatic carbocycles. The molecule has 18 heteroatoms. The molecule has 0 bridgehead atoms. The first-order valence-corrected chi connectivity index (χ1v) is 8.99. The third kappa shape index (κ3) is 4.46. The Balaban J connectivity index is 5.89. The van der Waals surface area contributed by atoms with Crippen LogP contribution in [0.3, 0.4) is 0 Å². The fraction of sp³-hybridized carbons (Fsp3) is 1.00. The van der Waals surface area contributed by atoms with E-state index in [1.54, 1.807) is 0 Å². The summed E-state index contributed by atoms with van der Waals surface area (Å²) in [6.07, 6.45) is -14.8. The van der Waals surface area contributed by atoms with Crippen LogP contribution in [0.1, 0.15) is 6.42 Å². The second kappa shape index (κ2) is 7.03. The van der Waals surface area contributed by atoms with Gasteiger partial charge in [-0.1, -0.05) is 0 Å². The molecule has 0 amide bonds. The zero-order chi connectivity index (χ0) is 21.6. The number of alkyl halides is 13. The molecule has 0 aromatic rings. The monoisotopic (exact) mass is 480 g/mol. The fourth-order valence-corrected chi connectivity index (χ4v) is 1.96. The van der Waals surface area contributed by atoms with Crippen LogP contribution in [-0.4, -0.2) is 42.4 Å². The average molecular weight is 481 g/mol. The SMILES string of the molecule is O=P(Cl)(Cl)OCCC(F)(F)C(F)(F)C(F)(F)C(F)(F)C(F)(F)C(F)(F)F. The van der Waals surface area contributed by atoms with E-state index in [4.69, 9.17) is 0 Å². The maximum absolute atomic E-state index is 13.1. The minimum atomic E-state index is -7.97. The minimum absolute atomic E-state index is 1.93. The average Bonchev–Trinajstić information content (AvgIpc) is 2.34. The van der Waals surface area contributed by atoms with E-state index in [0.717, 1.165) is 0 Å². The van der Waals surface area contributed by atoms with Gasteiger partial charge < -0.3 is 4.52 Å². The summed E-state index contributed by atoms with van der Waals surface area (Å²) in [6.45, 7) is -1.93. The maximum Gasteiger partial charge on any atom is 0.460 e. The van der Waals surface area contributed by atoms with Crippen molar-refractivity contribution in [1.82, 2.24) is 0 Å². The lowest BCUT2D eigenvalue weighted by Gasteiger charge is -2.39. The Labute approximate surface area is 144 Å². The third-order valence-electron chi connectivity index (χ3n) is 2.66. The quantitative estimate of drug-likeness (QED) is 0.285. The van der Waals surface area contributed by atoms with Crippen molar-refractivity contribution in [2.24, 2.45) is 0 Å². The van der Waals surface area contributed by atoms with Crippen LogP contribution in [0.2, 0.25) is 0 Å². The first kappa shape index (κ1) is 25.9. The van der Waals surface area contributed by atoms with Crippen molar-refractivity contribution >= 4 is 28.6 Å². The van der Waals surface area contributed by atoms with E-state index in [0.29, 0.717) is 0 Å². The molecule has 0 rings (SSSR count). The number of hydrogen-bond acceptors (Lipinski definition) is 2. The van der Waals surface area contributed by atoms with E-state index >= 15 is 0 Å². The van der Waals surface area contributed by atoms with E-state index in [2.05, 4.69) is 27.0 Å². The molecule has 0 aliphatic carbocycles. The smallest absolute Gasteiger partial charge is 0.306 e. The van der Waals surface area contributed by atoms with Gasteiger partial charge in [-0.2, -0.15) is 57.1 Å². The van der Waals surface area contributed by atoms with Crippen LogP contribution >= 0.6 is 28.6 Å². The van der Waals surface area contributed by atoms with E-state index in [9.17, 15) is 61.6 Å². The highest BCUT2D eigenvalue weighted by molar-refractivity contribution is 8.05. The van der Waals surface area contributed by atoms with Crippen LogP contribution in [0, 0.1) is 0 Å². The Hall–Kier alpha value is -0.140. The van der Waals surface area contributed by atoms with Gasteiger partial charge in [0.1, 0.15) is 0 Å². The molecular weight excluding hydrogens is 477 g/mol. The maximum atomic E-state index is 13.1. The molecule has 158 valence electrons. The molecule has 2 nitrogen and oxygen atoms in total. The van der Waals surface area contributed by atoms with E-state index in [1.165, 1.54) is 0 Å². The van der Waals surface area contributed by atoms with Gasteiger partial charge >= 0.3 is 41.9 Å². The van der Waals surface area contributed by atoms with Crippen molar-refractivity contribution in [3.05, 3.63) is 0 Å². The molecule has 0 saturated carbocycles. The van der Waals surface area contributed by atoms with Crippen molar-refractivity contribution in [2.75, 3.05) is 6.61 Å². The minimum Gasteiger partial charge on any atom is -0.306 e. The molecule has 0 unspecified atom stereocenters. The van der Waals surface area contributed by atoms with E-state index in [-0.39, 0.29) is 0 Å². The Morgan fingerprint density at radius 3 is 1.31 bits per heavy atom. The molecule has 0 saturated heterocycles. The van der Waals surface area contributed by atoms with Gasteiger partial charge in [0.15, 0.2) is 0 Å². The topological polar surface area (TPSA) is 26.3 Å². The molecule has 0 heterocycles. The lowest BCUT2D eigenvalue weighted by molar-refractivity contribution is -0.440. The van der Waals surface area contributed by atoms with Crippen LogP contribution in [0.15, 0.2) is 0 Å². The van der Waals surface area contributed by atoms with Gasteiger partial charge in [0.2, 0.25) is 0 Å². The number of rotatable bonds is 8. The second-order valence-electron chi connectivity index (χ2n) is 4.50. The predicted octanol–water partition coefficient (Wildman–Crippen LogP) is 6.72. The molecule has 0 aliphatic heterocycles. The van der Waals surface area contributed by atoms with E-state index in [1.807, 2.05) is 0 Å². The normalized spacial score (nSPS) is 16.1. The predicted molar refractivity (Wildman–Crippen MR) is 60.7 cm³/mol. The standard InChI is InChI=1S/C8H4Cl2F13O2P/c9-26(10,24)25-2-1-3(11,12)4(13,14)5(15,16)6(17,18)7(19,20)8(21,22)23/h1-2H2. The molecule has 0 aromatic heterocycles. The Bertz CT molecular complexity index is 555. The molecule has 0 aliphatic rings. The number of hydrogen-bond donors (Lipinski definition) is 0. The van der Waals surface area contributed by atoms with Gasteiger partial charge in [-0.3, -0.25) is 4.57 Å². The molecule has 0 fully saturated rings. The van der Waals surface area contributed by atoms with E-state index < -0.39 is 54.9 Å². The van der Waals surface area contributed by atoms with Gasteiger partial charge in [-0.25, -0.2) is 0 Å². The zero-order valence-corrected chi connectivity index (χ0v) is 13.8. The Morgan fingerprint density at radius 1 is 0.654 bits per heavy atom. The molecule has 0 N–H and O–H groups in total. The molecule has 0 atom stereocenters. The second-order valence-corrected chi connectivity index (χ2v) is 8.77. The van der Waals surface area contributed by atoms with Crippen molar-refractivity contribution in [1.29, 1.82) is 0 Å². The van der Waals surface area contributed by atoms with Crippen molar-refractivity contribution in [2.45, 2.75) is 42.2 Å². The first-order valence-electron chi connectivity index (χ1n) is 5.55. The molecule has 0 radical (unpaired) electrons. The lowest BCUT2D eigenvalue weighted by Crippen LogP contribution is -2.70. The summed E-state index contributed by atoms with van der Waals surface area (Å²) in [5.41, 5.74) is 0. The van der Waals surface area contributed by atoms with Crippen LogP contribution in [0.25, 0.3) is 0 Å². The Kier molecular flexibility index (Phi) is 6.99. The molecule has 0 spiro atoms. The lowest BCUT2D eigenvalue weighted by atomic mass is 9.93. The van der Waals surface area contributed by atoms with Gasteiger partial charge in [0.25, 0.3) is 0 Å². The van der Waals surface area contributed by atoms with Crippen molar-refractivity contribution in [3.8, 4) is 0 Å². The highest BCUT2D eigenvalue weighted by atomic mass is 35.9. The molecule has 26 heavy (non-hydrogen) atoms. The van der Waals surface area contributed by atoms with Crippen LogP contribution in [-0.2, 0) is 9.09 Å². The Morgan fingerprint density at radius 2 is 1.00 bits per heavy atom. The highest BCUT2D eigenvalue weighted by Crippen LogP contribution is 2.61. The summed E-state index contributed by atoms with van der Waals surface area (Å²) in [6, 6.07) is 0.